The minimum Gasteiger partial charge on any atom is -0.505 e. The minimum atomic E-state index is -0.738. The van der Waals surface area contributed by atoms with Crippen LogP contribution in [0.2, 0.25) is 0 Å². The second-order valence-corrected chi connectivity index (χ2v) is 4.66. The third-order valence-electron chi connectivity index (χ3n) is 3.16. The second kappa shape index (κ2) is 4.90. The minimum absolute atomic E-state index is 0.239. The molecule has 106 valence electrons. The third kappa shape index (κ3) is 2.43. The lowest BCUT2D eigenvalue weighted by Gasteiger charge is -2.00. The van der Waals surface area contributed by atoms with Gasteiger partial charge in [-0.1, -0.05) is 11.2 Å². The monoisotopic (exact) mass is 285 g/mol. The zero-order valence-corrected chi connectivity index (χ0v) is 11.2. The summed E-state index contributed by atoms with van der Waals surface area (Å²) in [5, 5.41) is 13.0. The SMILES string of the molecule is Cc1ccc(-c2nc(-c3ccc(O)c(F)c3)no2)cc1N. The van der Waals surface area contributed by atoms with Gasteiger partial charge in [0.05, 0.1) is 0 Å². The van der Waals surface area contributed by atoms with Gasteiger partial charge in [0.1, 0.15) is 0 Å². The number of aryl methyl sites for hydroxylation is 1. The largest absolute Gasteiger partial charge is 0.505 e. The lowest BCUT2D eigenvalue weighted by atomic mass is 10.1. The van der Waals surface area contributed by atoms with Gasteiger partial charge >= 0.3 is 0 Å². The molecule has 0 saturated carbocycles. The van der Waals surface area contributed by atoms with Crippen LogP contribution in [0.5, 0.6) is 5.75 Å². The molecule has 0 spiro atoms. The summed E-state index contributed by atoms with van der Waals surface area (Å²) < 4.78 is 18.5. The molecule has 2 aromatic carbocycles. The number of nitrogens with zero attached hydrogens (tertiary/aromatic N) is 2. The van der Waals surface area contributed by atoms with Crippen molar-refractivity contribution in [2.75, 3.05) is 5.73 Å². The van der Waals surface area contributed by atoms with Crippen LogP contribution >= 0.6 is 0 Å². The number of hydrogen-bond acceptors (Lipinski definition) is 5. The zero-order valence-electron chi connectivity index (χ0n) is 11.2. The van der Waals surface area contributed by atoms with Crippen molar-refractivity contribution in [3.05, 3.63) is 47.8 Å². The summed E-state index contributed by atoms with van der Waals surface area (Å²) in [5.41, 5.74) is 8.54. The highest BCUT2D eigenvalue weighted by molar-refractivity contribution is 5.65. The molecule has 6 heteroatoms. The van der Waals surface area contributed by atoms with Crippen molar-refractivity contribution < 1.29 is 14.0 Å². The van der Waals surface area contributed by atoms with Gasteiger partial charge in [0.25, 0.3) is 5.89 Å². The molecule has 0 aliphatic carbocycles. The molecule has 0 radical (unpaired) electrons. The fraction of sp³-hybridized carbons (Fsp3) is 0.0667. The first kappa shape index (κ1) is 13.1. The number of nitrogens with two attached hydrogens (primary N) is 1. The van der Waals surface area contributed by atoms with E-state index in [1.807, 2.05) is 19.1 Å². The van der Waals surface area contributed by atoms with Crippen LogP contribution in [0, 0.1) is 12.7 Å². The van der Waals surface area contributed by atoms with Crippen LogP contribution in [0.4, 0.5) is 10.1 Å². The first-order valence-corrected chi connectivity index (χ1v) is 6.23. The number of aromatic hydroxyl groups is 1. The molecule has 3 aromatic rings. The summed E-state index contributed by atoms with van der Waals surface area (Å²) in [5.74, 6) is -0.625. The Kier molecular flexibility index (Phi) is 3.06. The Labute approximate surface area is 119 Å². The molecule has 0 atom stereocenters. The Morgan fingerprint density at radius 1 is 1.14 bits per heavy atom. The molecule has 0 amide bonds. The molecular formula is C15H12FN3O2. The second-order valence-electron chi connectivity index (χ2n) is 4.66. The molecule has 1 heterocycles. The number of benzene rings is 2. The Hall–Kier alpha value is -2.89. The predicted molar refractivity (Wildman–Crippen MR) is 75.9 cm³/mol. The number of aromatic nitrogens is 2. The number of nitrogen functional groups attached to an aromatic ring is 1. The number of anilines is 1. The van der Waals surface area contributed by atoms with Crippen molar-refractivity contribution in [2.24, 2.45) is 0 Å². The van der Waals surface area contributed by atoms with Gasteiger partial charge in [0.15, 0.2) is 11.6 Å². The molecule has 0 saturated heterocycles. The van der Waals surface area contributed by atoms with E-state index in [-0.39, 0.29) is 5.82 Å². The van der Waals surface area contributed by atoms with Crippen LogP contribution in [0.15, 0.2) is 40.9 Å². The summed E-state index contributed by atoms with van der Waals surface area (Å²) in [6.45, 7) is 1.90. The van der Waals surface area contributed by atoms with E-state index in [2.05, 4.69) is 10.1 Å². The van der Waals surface area contributed by atoms with Crippen molar-refractivity contribution >= 4 is 5.69 Å². The summed E-state index contributed by atoms with van der Waals surface area (Å²) in [4.78, 5) is 4.21. The van der Waals surface area contributed by atoms with Crippen molar-refractivity contribution in [3.8, 4) is 28.6 Å². The lowest BCUT2D eigenvalue weighted by molar-refractivity contribution is 0.430. The van der Waals surface area contributed by atoms with Crippen molar-refractivity contribution in [2.45, 2.75) is 6.92 Å². The van der Waals surface area contributed by atoms with E-state index in [0.717, 1.165) is 11.6 Å². The van der Waals surface area contributed by atoms with Crippen LogP contribution in [0.25, 0.3) is 22.8 Å². The quantitative estimate of drug-likeness (QED) is 0.706. The molecule has 0 unspecified atom stereocenters. The van der Waals surface area contributed by atoms with E-state index in [9.17, 15) is 9.50 Å². The van der Waals surface area contributed by atoms with E-state index >= 15 is 0 Å². The van der Waals surface area contributed by atoms with E-state index in [0.29, 0.717) is 22.7 Å². The summed E-state index contributed by atoms with van der Waals surface area (Å²) >= 11 is 0. The lowest BCUT2D eigenvalue weighted by Crippen LogP contribution is -1.90. The van der Waals surface area contributed by atoms with Crippen LogP contribution in [0.1, 0.15) is 5.56 Å². The van der Waals surface area contributed by atoms with Gasteiger partial charge in [-0.05, 0) is 42.8 Å². The Balaban J connectivity index is 1.99. The number of phenolic OH excluding ortho intramolecular Hbond substituents is 1. The molecule has 0 fully saturated rings. The number of rotatable bonds is 2. The Morgan fingerprint density at radius 3 is 2.62 bits per heavy atom. The topological polar surface area (TPSA) is 85.2 Å². The van der Waals surface area contributed by atoms with Gasteiger partial charge in [-0.3, -0.25) is 0 Å². The van der Waals surface area contributed by atoms with Gasteiger partial charge in [-0.15, -0.1) is 0 Å². The molecule has 0 bridgehead atoms. The van der Waals surface area contributed by atoms with E-state index in [1.165, 1.54) is 12.1 Å². The highest BCUT2D eigenvalue weighted by atomic mass is 19.1. The maximum atomic E-state index is 13.3. The molecule has 3 N–H and O–H groups in total. The van der Waals surface area contributed by atoms with Gasteiger partial charge in [-0.2, -0.15) is 4.98 Å². The number of hydrogen-bond donors (Lipinski definition) is 2. The Morgan fingerprint density at radius 2 is 1.90 bits per heavy atom. The van der Waals surface area contributed by atoms with Crippen LogP contribution in [-0.4, -0.2) is 15.2 Å². The summed E-state index contributed by atoms with van der Waals surface area (Å²) in [6, 6.07) is 9.31. The maximum absolute atomic E-state index is 13.3. The molecule has 0 aliphatic heterocycles. The number of halogens is 1. The normalized spacial score (nSPS) is 10.8. The first-order chi connectivity index (χ1) is 10.0. The standard InChI is InChI=1S/C15H12FN3O2/c1-8-2-3-10(7-12(8)17)15-18-14(19-21-15)9-4-5-13(20)11(16)6-9/h2-7,20H,17H2,1H3. The molecule has 21 heavy (non-hydrogen) atoms. The van der Waals surface area contributed by atoms with Crippen LogP contribution in [0.3, 0.4) is 0 Å². The van der Waals surface area contributed by atoms with Gasteiger partial charge in [0, 0.05) is 16.8 Å². The van der Waals surface area contributed by atoms with E-state index < -0.39 is 11.6 Å². The first-order valence-electron chi connectivity index (χ1n) is 6.23. The highest BCUT2D eigenvalue weighted by Gasteiger charge is 2.13. The van der Waals surface area contributed by atoms with Gasteiger partial charge in [-0.25, -0.2) is 4.39 Å². The van der Waals surface area contributed by atoms with Gasteiger partial charge < -0.3 is 15.4 Å². The molecule has 3 rings (SSSR count). The maximum Gasteiger partial charge on any atom is 0.258 e. The summed E-state index contributed by atoms with van der Waals surface area (Å²) in [6.07, 6.45) is 0. The fourth-order valence-corrected chi connectivity index (χ4v) is 1.88. The van der Waals surface area contributed by atoms with E-state index in [4.69, 9.17) is 10.3 Å². The fourth-order valence-electron chi connectivity index (χ4n) is 1.88. The Bertz CT molecular complexity index is 748. The van der Waals surface area contributed by atoms with E-state index in [1.54, 1.807) is 6.07 Å². The predicted octanol–water partition coefficient (Wildman–Crippen LogP) is 3.14. The smallest absolute Gasteiger partial charge is 0.258 e. The zero-order chi connectivity index (χ0) is 15.0. The highest BCUT2D eigenvalue weighted by Crippen LogP contribution is 2.27. The summed E-state index contributed by atoms with van der Waals surface area (Å²) in [7, 11) is 0. The molecule has 1 aromatic heterocycles. The van der Waals surface area contributed by atoms with Crippen molar-refractivity contribution in [1.82, 2.24) is 10.1 Å². The third-order valence-corrected chi connectivity index (χ3v) is 3.16. The van der Waals surface area contributed by atoms with Crippen molar-refractivity contribution in [3.63, 3.8) is 0 Å². The van der Waals surface area contributed by atoms with Gasteiger partial charge in [0.2, 0.25) is 5.82 Å². The molecular weight excluding hydrogens is 273 g/mol. The molecule has 5 nitrogen and oxygen atoms in total. The average molecular weight is 285 g/mol. The van der Waals surface area contributed by atoms with Crippen LogP contribution < -0.4 is 5.73 Å². The molecule has 0 aliphatic rings. The van der Waals surface area contributed by atoms with Crippen molar-refractivity contribution in [1.29, 1.82) is 0 Å². The van der Waals surface area contributed by atoms with Crippen LogP contribution in [-0.2, 0) is 0 Å². The average Bonchev–Trinajstić information content (AvgIpc) is 2.94. The number of phenols is 1.